The predicted molar refractivity (Wildman–Crippen MR) is 93.2 cm³/mol. The predicted octanol–water partition coefficient (Wildman–Crippen LogP) is 3.55. The quantitative estimate of drug-likeness (QED) is 0.407. The van der Waals surface area contributed by atoms with Crippen molar-refractivity contribution >= 4 is 17.6 Å². The number of esters is 1. The van der Waals surface area contributed by atoms with Crippen molar-refractivity contribution in [3.8, 4) is 0 Å². The minimum atomic E-state index is -0.778. The molecule has 148 valence electrons. The second-order valence-electron chi connectivity index (χ2n) is 8.74. The van der Waals surface area contributed by atoms with Crippen LogP contribution in [-0.4, -0.2) is 41.7 Å². The molecule has 0 aromatic rings. The molecule has 4 saturated heterocycles. The summed E-state index contributed by atoms with van der Waals surface area (Å²) < 4.78 is 18.2. The summed E-state index contributed by atoms with van der Waals surface area (Å²) in [6.07, 6.45) is 4.27. The summed E-state index contributed by atoms with van der Waals surface area (Å²) in [7, 11) is 0. The van der Waals surface area contributed by atoms with Crippen LogP contribution in [-0.2, 0) is 28.8 Å². The zero-order valence-corrected chi connectivity index (χ0v) is 16.5. The van der Waals surface area contributed by atoms with Crippen LogP contribution in [0.1, 0.15) is 59.3 Å². The van der Waals surface area contributed by atoms with Crippen molar-refractivity contribution in [3.05, 3.63) is 0 Å². The van der Waals surface area contributed by atoms with E-state index in [0.717, 1.165) is 25.7 Å². The molecule has 0 aromatic heterocycles. The first kappa shape index (κ1) is 18.9. The van der Waals surface area contributed by atoms with Crippen LogP contribution >= 0.6 is 11.6 Å². The molecular weight excluding hydrogens is 360 g/mol. The van der Waals surface area contributed by atoms with Crippen molar-refractivity contribution < 1.29 is 28.8 Å². The number of hydrogen-bond acceptors (Lipinski definition) is 6. The second-order valence-corrected chi connectivity index (χ2v) is 9.12. The van der Waals surface area contributed by atoms with Gasteiger partial charge in [-0.05, 0) is 51.4 Å². The van der Waals surface area contributed by atoms with Gasteiger partial charge in [0.05, 0.1) is 0 Å². The number of ether oxygens (including phenoxy) is 3. The summed E-state index contributed by atoms with van der Waals surface area (Å²) in [6.45, 7) is 6.38. The Morgan fingerprint density at radius 1 is 1.19 bits per heavy atom. The highest BCUT2D eigenvalue weighted by Gasteiger charge is 2.74. The SMILES string of the molecule is C[C@@H]1CC[C@@H]2[C@]34OO[C@@](C)(CCC13)O[C@H]4O[C@]2(C)COC(=O)CCCCl. The van der Waals surface area contributed by atoms with Gasteiger partial charge in [-0.2, -0.15) is 0 Å². The van der Waals surface area contributed by atoms with E-state index in [1.807, 2.05) is 13.8 Å². The van der Waals surface area contributed by atoms with Crippen molar-refractivity contribution in [1.29, 1.82) is 0 Å². The van der Waals surface area contributed by atoms with E-state index in [-0.39, 0.29) is 18.5 Å². The molecule has 1 saturated carbocycles. The average molecular weight is 389 g/mol. The third-order valence-corrected chi connectivity index (χ3v) is 7.13. The molecule has 4 heterocycles. The van der Waals surface area contributed by atoms with E-state index in [1.165, 1.54) is 0 Å². The van der Waals surface area contributed by atoms with Gasteiger partial charge in [0.25, 0.3) is 0 Å². The number of hydrogen-bond donors (Lipinski definition) is 0. The minimum Gasteiger partial charge on any atom is -0.463 e. The summed E-state index contributed by atoms with van der Waals surface area (Å²) in [4.78, 5) is 23.8. The van der Waals surface area contributed by atoms with E-state index in [2.05, 4.69) is 6.92 Å². The molecule has 7 heteroatoms. The third kappa shape index (κ3) is 2.80. The Bertz CT molecular complexity index is 572. The van der Waals surface area contributed by atoms with E-state index < -0.39 is 23.3 Å². The van der Waals surface area contributed by atoms with Crippen LogP contribution in [0.4, 0.5) is 0 Å². The molecular formula is C19H29ClO6. The summed E-state index contributed by atoms with van der Waals surface area (Å²) in [5.41, 5.74) is -1.27. The topological polar surface area (TPSA) is 63.2 Å². The fourth-order valence-corrected chi connectivity index (χ4v) is 5.59. The molecule has 1 unspecified atom stereocenters. The summed E-state index contributed by atoms with van der Waals surface area (Å²) in [5.74, 6) is 0.316. The Labute approximate surface area is 159 Å². The highest BCUT2D eigenvalue weighted by atomic mass is 35.5. The van der Waals surface area contributed by atoms with Gasteiger partial charge in [0.2, 0.25) is 5.79 Å². The number of carbonyl (C=O) groups excluding carboxylic acids is 1. The molecule has 0 N–H and O–H groups in total. The minimum absolute atomic E-state index is 0.0599. The second kappa shape index (κ2) is 6.59. The monoisotopic (exact) mass is 388 g/mol. The summed E-state index contributed by atoms with van der Waals surface area (Å²) in [5, 5.41) is 0. The van der Waals surface area contributed by atoms with Crippen molar-refractivity contribution in [2.45, 2.75) is 82.6 Å². The highest BCUT2D eigenvalue weighted by molar-refractivity contribution is 6.17. The van der Waals surface area contributed by atoms with E-state index in [9.17, 15) is 4.79 Å². The van der Waals surface area contributed by atoms with Crippen LogP contribution < -0.4 is 0 Å². The average Bonchev–Trinajstić information content (AvgIpc) is 2.70. The molecule has 0 aromatic carbocycles. The lowest BCUT2D eigenvalue weighted by molar-refractivity contribution is -0.541. The molecule has 26 heavy (non-hydrogen) atoms. The van der Waals surface area contributed by atoms with Gasteiger partial charge in [-0.3, -0.25) is 4.79 Å². The number of carbonyl (C=O) groups is 1. The van der Waals surface area contributed by atoms with Crippen molar-refractivity contribution in [1.82, 2.24) is 0 Å². The first-order valence-corrected chi connectivity index (χ1v) is 10.3. The smallest absolute Gasteiger partial charge is 0.305 e. The first-order chi connectivity index (χ1) is 12.3. The van der Waals surface area contributed by atoms with Crippen molar-refractivity contribution in [2.75, 3.05) is 12.5 Å². The van der Waals surface area contributed by atoms with Crippen molar-refractivity contribution in [3.63, 3.8) is 0 Å². The number of halogens is 1. The number of rotatable bonds is 5. The lowest BCUT2D eigenvalue weighted by Gasteiger charge is -2.50. The summed E-state index contributed by atoms with van der Waals surface area (Å²) in [6, 6.07) is 0. The van der Waals surface area contributed by atoms with Gasteiger partial charge in [-0.25, -0.2) is 9.78 Å². The van der Waals surface area contributed by atoms with Gasteiger partial charge in [0.1, 0.15) is 12.2 Å². The van der Waals surface area contributed by atoms with E-state index in [0.29, 0.717) is 30.6 Å². The van der Waals surface area contributed by atoms with Gasteiger partial charge in [0.15, 0.2) is 11.9 Å². The molecule has 2 bridgehead atoms. The first-order valence-electron chi connectivity index (χ1n) is 9.77. The molecule has 5 rings (SSSR count). The lowest BCUT2D eigenvalue weighted by atomic mass is 9.60. The Morgan fingerprint density at radius 3 is 2.77 bits per heavy atom. The molecule has 7 atom stereocenters. The number of fused-ring (bicyclic) bond motifs is 2. The van der Waals surface area contributed by atoms with E-state index in [4.69, 9.17) is 35.6 Å². The molecule has 0 radical (unpaired) electrons. The molecule has 0 amide bonds. The van der Waals surface area contributed by atoms with Crippen LogP contribution in [0.15, 0.2) is 0 Å². The van der Waals surface area contributed by atoms with Gasteiger partial charge < -0.3 is 14.2 Å². The summed E-state index contributed by atoms with van der Waals surface area (Å²) >= 11 is 5.66. The Morgan fingerprint density at radius 2 is 2.00 bits per heavy atom. The maximum absolute atomic E-state index is 12.0. The van der Waals surface area contributed by atoms with E-state index in [1.54, 1.807) is 0 Å². The van der Waals surface area contributed by atoms with Gasteiger partial charge in [-0.15, -0.1) is 11.6 Å². The van der Waals surface area contributed by atoms with E-state index >= 15 is 0 Å². The largest absolute Gasteiger partial charge is 0.463 e. The Kier molecular flexibility index (Phi) is 4.80. The van der Waals surface area contributed by atoms with Crippen LogP contribution in [0, 0.1) is 17.8 Å². The fraction of sp³-hybridized carbons (Fsp3) is 0.947. The highest BCUT2D eigenvalue weighted by Crippen LogP contribution is 2.63. The zero-order valence-electron chi connectivity index (χ0n) is 15.8. The molecule has 5 aliphatic rings. The number of alkyl halides is 1. The Balaban J connectivity index is 1.58. The lowest BCUT2D eigenvalue weighted by Crippen LogP contribution is -2.62. The van der Waals surface area contributed by atoms with Gasteiger partial charge in [-0.1, -0.05) is 6.92 Å². The zero-order chi connectivity index (χ0) is 18.6. The molecule has 1 aliphatic carbocycles. The van der Waals surface area contributed by atoms with Crippen LogP contribution in [0.25, 0.3) is 0 Å². The fourth-order valence-electron chi connectivity index (χ4n) is 5.45. The van der Waals surface area contributed by atoms with Crippen molar-refractivity contribution in [2.24, 2.45) is 17.8 Å². The van der Waals surface area contributed by atoms with Crippen LogP contribution in [0.2, 0.25) is 0 Å². The standard InChI is InChI=1S/C19H29ClO6/c1-12-6-7-14-17(2,11-22-15(21)5-4-10-20)23-16-19(14)13(12)8-9-18(3,24-16)25-26-19/h12-14,16H,4-11H2,1-3H3/t12-,13?,14+,16-,17-,18+,19-/m1/s1. The Hall–Kier alpha value is -0.400. The normalized spacial score (nSPS) is 49.5. The maximum atomic E-state index is 12.0. The van der Waals surface area contributed by atoms with Gasteiger partial charge in [0, 0.05) is 24.6 Å². The molecule has 1 spiro atoms. The molecule has 4 aliphatic heterocycles. The van der Waals surface area contributed by atoms with Crippen LogP contribution in [0.3, 0.4) is 0 Å². The third-order valence-electron chi connectivity index (χ3n) is 6.87. The molecule has 6 nitrogen and oxygen atoms in total. The van der Waals surface area contributed by atoms with Crippen LogP contribution in [0.5, 0.6) is 0 Å². The van der Waals surface area contributed by atoms with Gasteiger partial charge >= 0.3 is 5.97 Å². The maximum Gasteiger partial charge on any atom is 0.305 e. The molecule has 5 fully saturated rings.